The Morgan fingerprint density at radius 2 is 2.10 bits per heavy atom. The van der Waals surface area contributed by atoms with Gasteiger partial charge in [0.05, 0.1) is 5.69 Å². The Labute approximate surface area is 127 Å². The first kappa shape index (κ1) is 15.8. The van der Waals surface area contributed by atoms with E-state index in [0.29, 0.717) is 6.04 Å². The van der Waals surface area contributed by atoms with E-state index in [9.17, 15) is 0 Å². The van der Waals surface area contributed by atoms with Gasteiger partial charge in [0.15, 0.2) is 0 Å². The van der Waals surface area contributed by atoms with Crippen LogP contribution in [-0.2, 0) is 20.0 Å². The van der Waals surface area contributed by atoms with Gasteiger partial charge in [-0.05, 0) is 39.8 Å². The van der Waals surface area contributed by atoms with Gasteiger partial charge in [0, 0.05) is 49.2 Å². The molecule has 0 amide bonds. The van der Waals surface area contributed by atoms with Gasteiger partial charge in [0.25, 0.3) is 0 Å². The monoisotopic (exact) mass is 289 g/mol. The van der Waals surface area contributed by atoms with E-state index >= 15 is 0 Å². The molecule has 0 radical (unpaired) electrons. The fraction of sp³-hybridized carbons (Fsp3) is 0.625. The maximum atomic E-state index is 4.72. The van der Waals surface area contributed by atoms with Gasteiger partial charge >= 0.3 is 0 Å². The number of hydrogen-bond donors (Lipinski definition) is 1. The quantitative estimate of drug-likeness (QED) is 0.852. The van der Waals surface area contributed by atoms with Crippen molar-refractivity contribution in [3.63, 3.8) is 0 Å². The summed E-state index contributed by atoms with van der Waals surface area (Å²) in [5, 5.41) is 12.5. The smallest absolute Gasteiger partial charge is 0.0644 e. The largest absolute Gasteiger partial charge is 0.310 e. The van der Waals surface area contributed by atoms with Crippen LogP contribution < -0.4 is 5.32 Å². The van der Waals surface area contributed by atoms with Crippen LogP contribution in [0.3, 0.4) is 0 Å². The molecule has 0 aromatic carbocycles. The topological polar surface area (TPSA) is 47.7 Å². The second kappa shape index (κ2) is 6.89. The van der Waals surface area contributed by atoms with E-state index in [-0.39, 0.29) is 0 Å². The van der Waals surface area contributed by atoms with Crippen molar-refractivity contribution in [2.24, 2.45) is 7.05 Å². The van der Waals surface area contributed by atoms with Gasteiger partial charge in [-0.25, -0.2) is 0 Å². The van der Waals surface area contributed by atoms with Crippen molar-refractivity contribution in [2.45, 2.75) is 53.1 Å². The number of nitrogens with zero attached hydrogens (tertiary/aromatic N) is 4. The summed E-state index contributed by atoms with van der Waals surface area (Å²) >= 11 is 0. The summed E-state index contributed by atoms with van der Waals surface area (Å²) in [6, 6.07) is 2.42. The third kappa shape index (κ3) is 3.53. The van der Waals surface area contributed by atoms with Crippen molar-refractivity contribution in [1.29, 1.82) is 0 Å². The number of aryl methyl sites for hydroxylation is 4. The normalized spacial score (nSPS) is 12.8. The average molecular weight is 289 g/mol. The molecule has 5 nitrogen and oxygen atoms in total. The van der Waals surface area contributed by atoms with Crippen molar-refractivity contribution in [3.8, 4) is 0 Å². The Hall–Kier alpha value is -1.62. The summed E-state index contributed by atoms with van der Waals surface area (Å²) in [6.45, 7) is 10.6. The third-order valence-corrected chi connectivity index (χ3v) is 4.07. The van der Waals surface area contributed by atoms with Crippen LogP contribution in [0.4, 0.5) is 0 Å². The van der Waals surface area contributed by atoms with Gasteiger partial charge in [-0.2, -0.15) is 10.2 Å². The predicted molar refractivity (Wildman–Crippen MR) is 85.3 cm³/mol. The minimum atomic E-state index is 0.357. The number of aromatic nitrogens is 4. The lowest BCUT2D eigenvalue weighted by Gasteiger charge is -2.14. The fourth-order valence-electron chi connectivity index (χ4n) is 2.89. The maximum absolute atomic E-state index is 4.72. The average Bonchev–Trinajstić information content (AvgIpc) is 2.97. The van der Waals surface area contributed by atoms with Crippen LogP contribution in [0.1, 0.15) is 49.0 Å². The van der Waals surface area contributed by atoms with Crippen molar-refractivity contribution < 1.29 is 0 Å². The molecule has 21 heavy (non-hydrogen) atoms. The lowest BCUT2D eigenvalue weighted by atomic mass is 10.1. The Bertz CT molecular complexity index is 582. The minimum absolute atomic E-state index is 0.357. The van der Waals surface area contributed by atoms with Gasteiger partial charge in [0.1, 0.15) is 0 Å². The first-order valence-corrected chi connectivity index (χ1v) is 7.78. The lowest BCUT2D eigenvalue weighted by molar-refractivity contribution is 0.554. The summed E-state index contributed by atoms with van der Waals surface area (Å²) in [6.07, 6.45) is 3.95. The molecule has 0 fully saturated rings. The number of hydrogen-bond acceptors (Lipinski definition) is 3. The zero-order valence-corrected chi connectivity index (χ0v) is 13.8. The minimum Gasteiger partial charge on any atom is -0.310 e. The molecule has 2 aromatic rings. The molecule has 1 N–H and O–H groups in total. The first-order valence-electron chi connectivity index (χ1n) is 7.78. The molecule has 2 aromatic heterocycles. The SMILES string of the molecule is CCCNC(C)c1c(C)nn(CCc2ccnn2C)c1C. The van der Waals surface area contributed by atoms with Crippen LogP contribution in [-0.4, -0.2) is 26.1 Å². The molecule has 1 unspecified atom stereocenters. The molecule has 116 valence electrons. The van der Waals surface area contributed by atoms with Crippen LogP contribution in [0.5, 0.6) is 0 Å². The van der Waals surface area contributed by atoms with Gasteiger partial charge in [-0.3, -0.25) is 9.36 Å². The molecule has 1 atom stereocenters. The van der Waals surface area contributed by atoms with Crippen molar-refractivity contribution in [2.75, 3.05) is 6.54 Å². The highest BCUT2D eigenvalue weighted by Gasteiger charge is 2.17. The first-order chi connectivity index (χ1) is 10.0. The zero-order valence-electron chi connectivity index (χ0n) is 13.8. The van der Waals surface area contributed by atoms with Gasteiger partial charge in [-0.1, -0.05) is 6.92 Å². The fourth-order valence-corrected chi connectivity index (χ4v) is 2.89. The van der Waals surface area contributed by atoms with E-state index in [0.717, 1.165) is 31.6 Å². The highest BCUT2D eigenvalue weighted by Crippen LogP contribution is 2.21. The summed E-state index contributed by atoms with van der Waals surface area (Å²) < 4.78 is 4.06. The molecule has 5 heteroatoms. The van der Waals surface area contributed by atoms with Gasteiger partial charge in [-0.15, -0.1) is 0 Å². The van der Waals surface area contributed by atoms with E-state index < -0.39 is 0 Å². The Balaban J connectivity index is 2.09. The highest BCUT2D eigenvalue weighted by molar-refractivity contribution is 5.27. The van der Waals surface area contributed by atoms with E-state index in [1.54, 1.807) is 0 Å². The maximum Gasteiger partial charge on any atom is 0.0644 e. The molecular formula is C16H27N5. The highest BCUT2D eigenvalue weighted by atomic mass is 15.3. The summed E-state index contributed by atoms with van der Waals surface area (Å²) in [7, 11) is 1.98. The van der Waals surface area contributed by atoms with Crippen LogP contribution in [0.25, 0.3) is 0 Å². The molecule has 2 heterocycles. The summed E-state index contributed by atoms with van der Waals surface area (Å²) in [4.78, 5) is 0. The molecule has 0 saturated carbocycles. The lowest BCUT2D eigenvalue weighted by Crippen LogP contribution is -2.20. The molecule has 2 rings (SSSR count). The molecular weight excluding hydrogens is 262 g/mol. The molecule has 0 bridgehead atoms. The van der Waals surface area contributed by atoms with Gasteiger partial charge < -0.3 is 5.32 Å². The number of nitrogens with one attached hydrogen (secondary N) is 1. The van der Waals surface area contributed by atoms with Crippen molar-refractivity contribution in [1.82, 2.24) is 24.9 Å². The summed E-state index contributed by atoms with van der Waals surface area (Å²) in [5.74, 6) is 0. The molecule has 0 saturated heterocycles. The van der Waals surface area contributed by atoms with Crippen LogP contribution in [0, 0.1) is 13.8 Å². The standard InChI is InChI=1S/C16H27N5/c1-6-9-17-12(2)16-13(3)19-21(14(16)4)11-8-15-7-10-18-20(15)5/h7,10,12,17H,6,8-9,11H2,1-5H3. The van der Waals surface area contributed by atoms with Crippen LogP contribution in [0.15, 0.2) is 12.3 Å². The molecule has 0 aliphatic heterocycles. The third-order valence-electron chi connectivity index (χ3n) is 4.07. The number of rotatable bonds is 7. The van der Waals surface area contributed by atoms with E-state index in [4.69, 9.17) is 5.10 Å². The summed E-state index contributed by atoms with van der Waals surface area (Å²) in [5.41, 5.74) is 4.98. The second-order valence-corrected chi connectivity index (χ2v) is 5.68. The van der Waals surface area contributed by atoms with E-state index in [1.807, 2.05) is 17.9 Å². The Morgan fingerprint density at radius 1 is 1.33 bits per heavy atom. The predicted octanol–water partition coefficient (Wildman–Crippen LogP) is 2.54. The van der Waals surface area contributed by atoms with Crippen molar-refractivity contribution >= 4 is 0 Å². The zero-order chi connectivity index (χ0) is 15.4. The Morgan fingerprint density at radius 3 is 2.71 bits per heavy atom. The molecule has 0 spiro atoms. The van der Waals surface area contributed by atoms with Crippen LogP contribution in [0.2, 0.25) is 0 Å². The Kier molecular flexibility index (Phi) is 5.17. The van der Waals surface area contributed by atoms with Crippen LogP contribution >= 0.6 is 0 Å². The second-order valence-electron chi connectivity index (χ2n) is 5.68. The van der Waals surface area contributed by atoms with Crippen molar-refractivity contribution in [3.05, 3.63) is 34.9 Å². The molecule has 0 aliphatic carbocycles. The van der Waals surface area contributed by atoms with E-state index in [2.05, 4.69) is 48.9 Å². The molecule has 0 aliphatic rings. The van der Waals surface area contributed by atoms with E-state index in [1.165, 1.54) is 17.0 Å². The van der Waals surface area contributed by atoms with Gasteiger partial charge in [0.2, 0.25) is 0 Å².